The molecular weight excluding hydrogens is 446 g/mol. The highest BCUT2D eigenvalue weighted by Gasteiger charge is 2.39. The predicted molar refractivity (Wildman–Crippen MR) is 126 cm³/mol. The van der Waals surface area contributed by atoms with E-state index in [1.807, 2.05) is 30.3 Å². The number of anilines is 1. The lowest BCUT2D eigenvalue weighted by Gasteiger charge is -2.14. The molecule has 1 N–H and O–H groups in total. The molecular formula is C23H24BrN3OS. The van der Waals surface area contributed by atoms with Gasteiger partial charge in [-0.3, -0.25) is 9.79 Å². The highest BCUT2D eigenvalue weighted by Crippen LogP contribution is 2.40. The average Bonchev–Trinajstić information content (AvgIpc) is 3.31. The third-order valence-corrected chi connectivity index (χ3v) is 6.98. The van der Waals surface area contributed by atoms with E-state index in [0.29, 0.717) is 5.75 Å². The number of benzene rings is 2. The van der Waals surface area contributed by atoms with Crippen molar-refractivity contribution in [2.45, 2.75) is 45.2 Å². The smallest absolute Gasteiger partial charge is 0.234 e. The van der Waals surface area contributed by atoms with Gasteiger partial charge in [0.2, 0.25) is 5.91 Å². The summed E-state index contributed by atoms with van der Waals surface area (Å²) in [5.74, 6) is 0.292. The molecule has 4 nitrogen and oxygen atoms in total. The summed E-state index contributed by atoms with van der Waals surface area (Å²) in [4.78, 5) is 22.5. The van der Waals surface area contributed by atoms with Crippen molar-refractivity contribution in [1.82, 2.24) is 0 Å². The molecule has 0 bridgehead atoms. The van der Waals surface area contributed by atoms with Crippen LogP contribution in [-0.4, -0.2) is 28.1 Å². The van der Waals surface area contributed by atoms with E-state index < -0.39 is 0 Å². The van der Waals surface area contributed by atoms with Crippen molar-refractivity contribution in [1.29, 1.82) is 0 Å². The molecule has 1 aliphatic heterocycles. The molecule has 150 valence electrons. The molecule has 1 spiro atoms. The Bertz CT molecular complexity index is 992. The second-order valence-electron chi connectivity index (χ2n) is 7.71. The first-order chi connectivity index (χ1) is 13.9. The van der Waals surface area contributed by atoms with Crippen LogP contribution in [0, 0.1) is 13.8 Å². The van der Waals surface area contributed by atoms with Crippen LogP contribution in [0.5, 0.6) is 0 Å². The van der Waals surface area contributed by atoms with Gasteiger partial charge < -0.3 is 5.32 Å². The fourth-order valence-electron chi connectivity index (χ4n) is 3.73. The Hall–Kier alpha value is -1.92. The Morgan fingerprint density at radius 2 is 1.79 bits per heavy atom. The van der Waals surface area contributed by atoms with Gasteiger partial charge in [-0.2, -0.15) is 0 Å². The van der Waals surface area contributed by atoms with E-state index in [0.717, 1.165) is 52.2 Å². The minimum absolute atomic E-state index is 0.0246. The molecule has 0 radical (unpaired) electrons. The Labute approximate surface area is 184 Å². The summed E-state index contributed by atoms with van der Waals surface area (Å²) in [6, 6.07) is 14.1. The molecule has 1 amide bonds. The maximum absolute atomic E-state index is 12.5. The van der Waals surface area contributed by atoms with E-state index >= 15 is 0 Å². The molecule has 1 heterocycles. The second-order valence-corrected chi connectivity index (χ2v) is 9.59. The fourth-order valence-corrected chi connectivity index (χ4v) is 4.87. The SMILES string of the molecule is Cc1ccc(NC(=O)CSC2=NC3(CCCC3)N=C2c2ccc(Br)cc2)cc1C. The first kappa shape index (κ1) is 20.4. The third kappa shape index (κ3) is 4.64. The minimum atomic E-state index is -0.310. The molecule has 6 heteroatoms. The summed E-state index contributed by atoms with van der Waals surface area (Å²) in [6.45, 7) is 4.12. The first-order valence-corrected chi connectivity index (χ1v) is 11.7. The molecule has 1 fully saturated rings. The quantitative estimate of drug-likeness (QED) is 0.604. The van der Waals surface area contributed by atoms with Gasteiger partial charge in [-0.05, 0) is 74.9 Å². The molecule has 1 aliphatic carbocycles. The van der Waals surface area contributed by atoms with Gasteiger partial charge in [0.05, 0.1) is 11.5 Å². The zero-order chi connectivity index (χ0) is 20.4. The van der Waals surface area contributed by atoms with Crippen molar-refractivity contribution in [3.8, 4) is 0 Å². The largest absolute Gasteiger partial charge is 0.325 e. The maximum atomic E-state index is 12.5. The summed E-state index contributed by atoms with van der Waals surface area (Å²) < 4.78 is 1.04. The van der Waals surface area contributed by atoms with Crippen LogP contribution < -0.4 is 5.32 Å². The zero-order valence-corrected chi connectivity index (χ0v) is 19.1. The first-order valence-electron chi connectivity index (χ1n) is 9.90. The van der Waals surface area contributed by atoms with E-state index in [-0.39, 0.29) is 11.6 Å². The van der Waals surface area contributed by atoms with Gasteiger partial charge in [-0.25, -0.2) is 4.99 Å². The summed E-state index contributed by atoms with van der Waals surface area (Å²) in [6.07, 6.45) is 4.30. The fraction of sp³-hybridized carbons (Fsp3) is 0.348. The van der Waals surface area contributed by atoms with Gasteiger partial charge in [0.25, 0.3) is 0 Å². The van der Waals surface area contributed by atoms with Gasteiger partial charge >= 0.3 is 0 Å². The van der Waals surface area contributed by atoms with Crippen LogP contribution in [0.2, 0.25) is 0 Å². The molecule has 0 unspecified atom stereocenters. The molecule has 4 rings (SSSR count). The number of thioether (sulfide) groups is 1. The van der Waals surface area contributed by atoms with Gasteiger partial charge in [0, 0.05) is 15.7 Å². The van der Waals surface area contributed by atoms with E-state index in [9.17, 15) is 4.79 Å². The summed E-state index contributed by atoms with van der Waals surface area (Å²) in [5, 5.41) is 3.88. The third-order valence-electron chi connectivity index (χ3n) is 5.48. The number of halogens is 1. The van der Waals surface area contributed by atoms with Crippen molar-refractivity contribution in [2.75, 3.05) is 11.1 Å². The number of rotatable bonds is 4. The Kier molecular flexibility index (Phi) is 5.93. The lowest BCUT2D eigenvalue weighted by atomic mass is 10.1. The summed E-state index contributed by atoms with van der Waals surface area (Å²) in [5.41, 5.74) is 4.88. The van der Waals surface area contributed by atoms with Crippen LogP contribution >= 0.6 is 27.7 Å². The minimum Gasteiger partial charge on any atom is -0.325 e. The lowest BCUT2D eigenvalue weighted by molar-refractivity contribution is -0.113. The van der Waals surface area contributed by atoms with E-state index in [4.69, 9.17) is 9.98 Å². The molecule has 0 saturated heterocycles. The van der Waals surface area contributed by atoms with E-state index in [2.05, 4.69) is 47.2 Å². The summed E-state index contributed by atoms with van der Waals surface area (Å²) >= 11 is 4.97. The number of aryl methyl sites for hydroxylation is 2. The lowest BCUT2D eigenvalue weighted by Crippen LogP contribution is -2.18. The number of amides is 1. The molecule has 2 aromatic rings. The monoisotopic (exact) mass is 469 g/mol. The molecule has 0 atom stereocenters. The van der Waals surface area contributed by atoms with Crippen LogP contribution in [0.3, 0.4) is 0 Å². The van der Waals surface area contributed by atoms with Gasteiger partial charge in [-0.15, -0.1) is 0 Å². The van der Waals surface area contributed by atoms with Gasteiger partial charge in [-0.1, -0.05) is 45.9 Å². The van der Waals surface area contributed by atoms with Crippen LogP contribution in [0.4, 0.5) is 5.69 Å². The second kappa shape index (κ2) is 8.44. The Balaban J connectivity index is 1.48. The van der Waals surface area contributed by atoms with Crippen molar-refractivity contribution in [3.63, 3.8) is 0 Å². The number of hydrogen-bond acceptors (Lipinski definition) is 4. The number of aliphatic imine (C=N–C) groups is 2. The normalized spacial score (nSPS) is 17.3. The van der Waals surface area contributed by atoms with E-state index in [1.165, 1.54) is 22.9 Å². The number of nitrogens with zero attached hydrogens (tertiary/aromatic N) is 2. The average molecular weight is 470 g/mol. The van der Waals surface area contributed by atoms with Crippen molar-refractivity contribution in [3.05, 3.63) is 63.6 Å². The van der Waals surface area contributed by atoms with Crippen molar-refractivity contribution < 1.29 is 4.79 Å². The molecule has 29 heavy (non-hydrogen) atoms. The van der Waals surface area contributed by atoms with Crippen LogP contribution in [0.15, 0.2) is 56.9 Å². The number of carbonyl (C=O) groups excluding carboxylic acids is 1. The molecule has 2 aliphatic rings. The highest BCUT2D eigenvalue weighted by atomic mass is 79.9. The predicted octanol–water partition coefficient (Wildman–Crippen LogP) is 5.91. The molecule has 1 saturated carbocycles. The van der Waals surface area contributed by atoms with Crippen LogP contribution in [0.25, 0.3) is 0 Å². The summed E-state index contributed by atoms with van der Waals surface area (Å²) in [7, 11) is 0. The Morgan fingerprint density at radius 3 is 2.48 bits per heavy atom. The number of nitrogens with one attached hydrogen (secondary N) is 1. The number of carbonyl (C=O) groups is 1. The highest BCUT2D eigenvalue weighted by molar-refractivity contribution is 9.10. The zero-order valence-electron chi connectivity index (χ0n) is 16.7. The van der Waals surface area contributed by atoms with E-state index in [1.54, 1.807) is 0 Å². The topological polar surface area (TPSA) is 53.8 Å². The van der Waals surface area contributed by atoms with Crippen molar-refractivity contribution in [2.24, 2.45) is 9.98 Å². The maximum Gasteiger partial charge on any atom is 0.234 e. The van der Waals surface area contributed by atoms with Gasteiger partial charge in [0.1, 0.15) is 5.04 Å². The molecule has 0 aromatic heterocycles. The molecule has 2 aromatic carbocycles. The Morgan fingerprint density at radius 1 is 1.07 bits per heavy atom. The van der Waals surface area contributed by atoms with Gasteiger partial charge in [0.15, 0.2) is 5.66 Å². The standard InChI is InChI=1S/C23H24BrN3OS/c1-15-5-10-19(13-16(15)2)25-20(28)14-29-22-21(17-6-8-18(24)9-7-17)26-23(27-22)11-3-4-12-23/h5-10,13H,3-4,11-12,14H2,1-2H3,(H,25,28). The van der Waals surface area contributed by atoms with Crippen LogP contribution in [-0.2, 0) is 4.79 Å². The van der Waals surface area contributed by atoms with Crippen molar-refractivity contribution >= 4 is 50.0 Å². The number of hydrogen-bond donors (Lipinski definition) is 1. The van der Waals surface area contributed by atoms with Crippen LogP contribution in [0.1, 0.15) is 42.4 Å².